The lowest BCUT2D eigenvalue weighted by Crippen LogP contribution is -2.31. The van der Waals surface area contributed by atoms with E-state index in [4.69, 9.17) is 10.6 Å². The van der Waals surface area contributed by atoms with E-state index in [2.05, 4.69) is 51.1 Å². The quantitative estimate of drug-likeness (QED) is 0.620. The molecule has 0 bridgehead atoms. The predicted molar refractivity (Wildman–Crippen MR) is 81.1 cm³/mol. The first kappa shape index (κ1) is 15.3. The monoisotopic (exact) mass is 277 g/mol. The molecule has 20 heavy (non-hydrogen) atoms. The van der Waals surface area contributed by atoms with E-state index in [0.29, 0.717) is 12.5 Å². The van der Waals surface area contributed by atoms with Crippen LogP contribution in [0.15, 0.2) is 18.5 Å². The molecule has 1 unspecified atom stereocenters. The van der Waals surface area contributed by atoms with Crippen LogP contribution in [-0.4, -0.2) is 11.6 Å². The molecule has 0 radical (unpaired) electrons. The largest absolute Gasteiger partial charge is 0.492 e. The van der Waals surface area contributed by atoms with E-state index in [1.54, 1.807) is 6.20 Å². The van der Waals surface area contributed by atoms with Gasteiger partial charge in [0, 0.05) is 6.20 Å². The van der Waals surface area contributed by atoms with E-state index in [1.807, 2.05) is 6.20 Å². The molecule has 1 aromatic heterocycles. The van der Waals surface area contributed by atoms with E-state index >= 15 is 0 Å². The Morgan fingerprint density at radius 3 is 2.45 bits per heavy atom. The number of hydrogen-bond acceptors (Lipinski definition) is 4. The number of hydrazine groups is 1. The van der Waals surface area contributed by atoms with Gasteiger partial charge < -0.3 is 4.74 Å². The van der Waals surface area contributed by atoms with Crippen LogP contribution in [0, 0.1) is 16.7 Å². The van der Waals surface area contributed by atoms with Gasteiger partial charge in [-0.3, -0.25) is 16.3 Å². The van der Waals surface area contributed by atoms with Gasteiger partial charge in [0.25, 0.3) is 0 Å². The van der Waals surface area contributed by atoms with Crippen molar-refractivity contribution in [3.63, 3.8) is 0 Å². The number of nitrogens with zero attached hydrogens (tertiary/aromatic N) is 1. The third kappa shape index (κ3) is 2.42. The SMILES string of the molecule is CCCOc1cncc(C(NN)C2C(C)(C)C2(C)C)c1. The first-order chi connectivity index (χ1) is 9.36. The minimum absolute atomic E-state index is 0.109. The molecule has 112 valence electrons. The van der Waals surface area contributed by atoms with Gasteiger partial charge in [-0.2, -0.15) is 0 Å². The maximum atomic E-state index is 5.82. The second-order valence-corrected chi connectivity index (χ2v) is 6.87. The molecule has 1 saturated carbocycles. The van der Waals surface area contributed by atoms with E-state index in [0.717, 1.165) is 17.7 Å². The Kier molecular flexibility index (Phi) is 4.07. The lowest BCUT2D eigenvalue weighted by atomic mass is 9.98. The fourth-order valence-electron chi connectivity index (χ4n) is 3.37. The number of hydrogen-bond donors (Lipinski definition) is 2. The molecule has 1 aromatic rings. The molecule has 0 aromatic carbocycles. The van der Waals surface area contributed by atoms with Crippen molar-refractivity contribution < 1.29 is 4.74 Å². The maximum Gasteiger partial charge on any atom is 0.137 e. The van der Waals surface area contributed by atoms with Gasteiger partial charge in [0.1, 0.15) is 5.75 Å². The predicted octanol–water partition coefficient (Wildman–Crippen LogP) is 3.06. The molecule has 0 aliphatic heterocycles. The topological polar surface area (TPSA) is 60.2 Å². The zero-order valence-electron chi connectivity index (χ0n) is 13.2. The van der Waals surface area contributed by atoms with Crippen molar-refractivity contribution in [2.45, 2.75) is 47.1 Å². The summed E-state index contributed by atoms with van der Waals surface area (Å²) in [5.41, 5.74) is 4.62. The summed E-state index contributed by atoms with van der Waals surface area (Å²) in [5, 5.41) is 0. The van der Waals surface area contributed by atoms with Crippen molar-refractivity contribution in [1.82, 2.24) is 10.4 Å². The van der Waals surface area contributed by atoms with E-state index < -0.39 is 0 Å². The molecule has 1 atom stereocenters. The number of ether oxygens (including phenoxy) is 1. The molecule has 1 fully saturated rings. The summed E-state index contributed by atoms with van der Waals surface area (Å²) in [5.74, 6) is 7.13. The maximum absolute atomic E-state index is 5.82. The molecule has 4 nitrogen and oxygen atoms in total. The van der Waals surface area contributed by atoms with Crippen LogP contribution in [0.25, 0.3) is 0 Å². The average Bonchev–Trinajstić information content (AvgIpc) is 2.81. The van der Waals surface area contributed by atoms with Gasteiger partial charge in [-0.05, 0) is 34.8 Å². The van der Waals surface area contributed by atoms with Gasteiger partial charge in [0.15, 0.2) is 0 Å². The molecular formula is C16H27N3O. The molecule has 0 spiro atoms. The van der Waals surface area contributed by atoms with Crippen LogP contribution < -0.4 is 16.0 Å². The number of nitrogens with one attached hydrogen (secondary N) is 1. The molecule has 0 amide bonds. The number of nitrogens with two attached hydrogens (primary N) is 1. The summed E-state index contributed by atoms with van der Waals surface area (Å²) in [7, 11) is 0. The minimum Gasteiger partial charge on any atom is -0.492 e. The Morgan fingerprint density at radius 1 is 1.30 bits per heavy atom. The fourth-order valence-corrected chi connectivity index (χ4v) is 3.37. The standard InChI is InChI=1S/C16H27N3O/c1-6-7-20-12-8-11(9-18-10-12)13(19-17)14-15(2,3)16(14,4)5/h8-10,13-14,19H,6-7,17H2,1-5H3. The van der Waals surface area contributed by atoms with Crippen molar-refractivity contribution in [3.05, 3.63) is 24.0 Å². The van der Waals surface area contributed by atoms with Gasteiger partial charge in [-0.15, -0.1) is 0 Å². The highest BCUT2D eigenvalue weighted by atomic mass is 16.5. The van der Waals surface area contributed by atoms with Gasteiger partial charge in [0.2, 0.25) is 0 Å². The second-order valence-electron chi connectivity index (χ2n) is 6.87. The molecule has 1 aliphatic carbocycles. The van der Waals surface area contributed by atoms with E-state index in [9.17, 15) is 0 Å². The van der Waals surface area contributed by atoms with Crippen LogP contribution in [0.1, 0.15) is 52.6 Å². The van der Waals surface area contributed by atoms with Gasteiger partial charge in [-0.1, -0.05) is 34.6 Å². The fraction of sp³-hybridized carbons (Fsp3) is 0.688. The zero-order valence-corrected chi connectivity index (χ0v) is 13.2. The smallest absolute Gasteiger partial charge is 0.137 e. The van der Waals surface area contributed by atoms with Crippen LogP contribution in [0.3, 0.4) is 0 Å². The van der Waals surface area contributed by atoms with Crippen LogP contribution in [0.2, 0.25) is 0 Å². The summed E-state index contributed by atoms with van der Waals surface area (Å²) in [6, 6.07) is 2.16. The average molecular weight is 277 g/mol. The molecule has 0 saturated heterocycles. The van der Waals surface area contributed by atoms with E-state index in [-0.39, 0.29) is 16.9 Å². The zero-order chi connectivity index (χ0) is 15.0. The highest BCUT2D eigenvalue weighted by molar-refractivity contribution is 5.30. The Balaban J connectivity index is 2.21. The normalized spacial score (nSPS) is 21.5. The molecule has 1 heterocycles. The molecule has 1 aliphatic rings. The third-order valence-electron chi connectivity index (χ3n) is 5.21. The number of aromatic nitrogens is 1. The first-order valence-corrected chi connectivity index (χ1v) is 7.40. The summed E-state index contributed by atoms with van der Waals surface area (Å²) >= 11 is 0. The summed E-state index contributed by atoms with van der Waals surface area (Å²) in [6.45, 7) is 12.0. The molecule has 3 N–H and O–H groups in total. The second kappa shape index (κ2) is 5.34. The molecule has 4 heteroatoms. The van der Waals surface area contributed by atoms with Crippen LogP contribution in [0.5, 0.6) is 5.75 Å². The van der Waals surface area contributed by atoms with Crippen molar-refractivity contribution in [2.24, 2.45) is 22.6 Å². The van der Waals surface area contributed by atoms with E-state index in [1.165, 1.54) is 0 Å². The highest BCUT2D eigenvalue weighted by Gasteiger charge is 2.67. The lowest BCUT2D eigenvalue weighted by molar-refractivity contribution is 0.314. The highest BCUT2D eigenvalue weighted by Crippen LogP contribution is 2.72. The Morgan fingerprint density at radius 2 is 1.95 bits per heavy atom. The lowest BCUT2D eigenvalue weighted by Gasteiger charge is -2.19. The Labute approximate surface area is 122 Å². The molecular weight excluding hydrogens is 250 g/mol. The number of rotatable bonds is 6. The van der Waals surface area contributed by atoms with Gasteiger partial charge in [-0.25, -0.2) is 0 Å². The van der Waals surface area contributed by atoms with Crippen LogP contribution in [0.4, 0.5) is 0 Å². The van der Waals surface area contributed by atoms with Crippen molar-refractivity contribution >= 4 is 0 Å². The van der Waals surface area contributed by atoms with Crippen molar-refractivity contribution in [3.8, 4) is 5.75 Å². The third-order valence-corrected chi connectivity index (χ3v) is 5.21. The summed E-state index contributed by atoms with van der Waals surface area (Å²) in [6.07, 6.45) is 4.63. The Hall–Kier alpha value is -1.13. The summed E-state index contributed by atoms with van der Waals surface area (Å²) in [4.78, 5) is 4.29. The van der Waals surface area contributed by atoms with Gasteiger partial charge >= 0.3 is 0 Å². The van der Waals surface area contributed by atoms with Crippen molar-refractivity contribution in [1.29, 1.82) is 0 Å². The number of pyridine rings is 1. The van der Waals surface area contributed by atoms with Crippen LogP contribution in [-0.2, 0) is 0 Å². The minimum atomic E-state index is 0.109. The summed E-state index contributed by atoms with van der Waals surface area (Å²) < 4.78 is 5.66. The van der Waals surface area contributed by atoms with Gasteiger partial charge in [0.05, 0.1) is 18.8 Å². The first-order valence-electron chi connectivity index (χ1n) is 7.40. The Bertz CT molecular complexity index is 457. The molecule has 2 rings (SSSR count). The van der Waals surface area contributed by atoms with Crippen molar-refractivity contribution in [2.75, 3.05) is 6.61 Å². The van der Waals surface area contributed by atoms with Crippen LogP contribution >= 0.6 is 0 Å².